The van der Waals surface area contributed by atoms with Gasteiger partial charge < -0.3 is 8.98 Å². The van der Waals surface area contributed by atoms with E-state index in [1.54, 1.807) is 0 Å². The molecule has 0 N–H and O–H groups in total. The van der Waals surface area contributed by atoms with Gasteiger partial charge in [0.2, 0.25) is 0 Å². The quantitative estimate of drug-likeness (QED) is 0.160. The molecule has 7 heteroatoms. The summed E-state index contributed by atoms with van der Waals surface area (Å²) in [6, 6.07) is 70.5. The van der Waals surface area contributed by atoms with E-state index in [4.69, 9.17) is 29.3 Å². The van der Waals surface area contributed by atoms with Crippen molar-refractivity contribution in [3.05, 3.63) is 206 Å². The lowest BCUT2D eigenvalue weighted by Gasteiger charge is -2.11. The molecule has 62 heavy (non-hydrogen) atoms. The smallest absolute Gasteiger partial charge is 0.180 e. The third-order valence-electron chi connectivity index (χ3n) is 11.4. The first-order valence-corrected chi connectivity index (χ1v) is 20.6. The summed E-state index contributed by atoms with van der Waals surface area (Å²) < 4.78 is 9.19. The lowest BCUT2D eigenvalue weighted by atomic mass is 9.99. The molecule has 0 radical (unpaired) electrons. The second-order valence-electron chi connectivity index (χ2n) is 15.3. The van der Waals surface area contributed by atoms with Crippen LogP contribution in [0.25, 0.3) is 117 Å². The second-order valence-corrected chi connectivity index (χ2v) is 15.3. The standard InChI is InChI=1S/C55H34N6O/c1-5-17-35(18-6-1)52-56-49(51-50(57-52)45-33-44-43-29-13-14-30-46(43)61(42-27-11-4-12-28-42)47(44)34-48(45)62-51)40-25-15-23-38(31-40)39-24-16-26-41(32-39)55-59-53(36-19-7-2-8-20-36)58-54(60-55)37-21-9-3-10-22-37/h1-34H. The van der Waals surface area contributed by atoms with E-state index in [0.717, 1.165) is 83.2 Å². The van der Waals surface area contributed by atoms with Crippen molar-refractivity contribution in [1.82, 2.24) is 29.5 Å². The van der Waals surface area contributed by atoms with Crippen LogP contribution in [-0.2, 0) is 0 Å². The van der Waals surface area contributed by atoms with Gasteiger partial charge in [-0.3, -0.25) is 0 Å². The third kappa shape index (κ3) is 6.11. The van der Waals surface area contributed by atoms with Crippen LogP contribution in [-0.4, -0.2) is 29.5 Å². The van der Waals surface area contributed by atoms with E-state index in [0.29, 0.717) is 28.9 Å². The van der Waals surface area contributed by atoms with Crippen molar-refractivity contribution in [2.45, 2.75) is 0 Å². The zero-order valence-electron chi connectivity index (χ0n) is 33.2. The van der Waals surface area contributed by atoms with Gasteiger partial charge in [-0.15, -0.1) is 0 Å². The van der Waals surface area contributed by atoms with Gasteiger partial charge in [0.05, 0.1) is 11.0 Å². The fourth-order valence-corrected chi connectivity index (χ4v) is 8.49. The van der Waals surface area contributed by atoms with Gasteiger partial charge >= 0.3 is 0 Å². The average Bonchev–Trinajstić information content (AvgIpc) is 3.88. The van der Waals surface area contributed by atoms with Crippen LogP contribution in [0.2, 0.25) is 0 Å². The molecule has 290 valence electrons. The normalized spacial score (nSPS) is 11.5. The van der Waals surface area contributed by atoms with Crippen molar-refractivity contribution < 1.29 is 4.42 Å². The number of para-hydroxylation sites is 2. The minimum absolute atomic E-state index is 0.600. The number of furan rings is 1. The summed E-state index contributed by atoms with van der Waals surface area (Å²) in [5.74, 6) is 2.48. The Bertz CT molecular complexity index is 3560. The van der Waals surface area contributed by atoms with Crippen LogP contribution in [0.15, 0.2) is 211 Å². The number of nitrogens with zero attached hydrogens (tertiary/aromatic N) is 6. The fourth-order valence-electron chi connectivity index (χ4n) is 8.49. The van der Waals surface area contributed by atoms with Crippen LogP contribution in [0.3, 0.4) is 0 Å². The molecule has 12 aromatic rings. The van der Waals surface area contributed by atoms with E-state index in [1.807, 2.05) is 84.9 Å². The van der Waals surface area contributed by atoms with Crippen LogP contribution in [0.5, 0.6) is 0 Å². The van der Waals surface area contributed by atoms with E-state index in [9.17, 15) is 0 Å². The average molecular weight is 795 g/mol. The highest BCUT2D eigenvalue weighted by atomic mass is 16.3. The Labute approximate surface area is 356 Å². The Kier molecular flexibility index (Phi) is 8.35. The molecule has 12 rings (SSSR count). The Balaban J connectivity index is 1.02. The molecule has 0 aliphatic heterocycles. The van der Waals surface area contributed by atoms with Crippen LogP contribution in [0.1, 0.15) is 0 Å². The van der Waals surface area contributed by atoms with E-state index in [1.165, 1.54) is 5.39 Å². The molecule has 0 aliphatic rings. The molecule has 0 spiro atoms. The molecule has 0 atom stereocenters. The predicted octanol–water partition coefficient (Wildman–Crippen LogP) is 13.7. The van der Waals surface area contributed by atoms with Crippen molar-refractivity contribution in [1.29, 1.82) is 0 Å². The topological polar surface area (TPSA) is 82.5 Å². The van der Waals surface area contributed by atoms with Crippen LogP contribution >= 0.6 is 0 Å². The van der Waals surface area contributed by atoms with Crippen molar-refractivity contribution >= 4 is 43.9 Å². The minimum Gasteiger partial charge on any atom is -0.452 e. The highest BCUT2D eigenvalue weighted by Gasteiger charge is 2.22. The van der Waals surface area contributed by atoms with E-state index < -0.39 is 0 Å². The largest absolute Gasteiger partial charge is 0.452 e. The van der Waals surface area contributed by atoms with Gasteiger partial charge in [0.15, 0.2) is 28.9 Å². The maximum Gasteiger partial charge on any atom is 0.180 e. The molecular weight excluding hydrogens is 761 g/mol. The lowest BCUT2D eigenvalue weighted by molar-refractivity contribution is 0.667. The summed E-state index contributed by atoms with van der Waals surface area (Å²) in [6.07, 6.45) is 0. The fraction of sp³-hybridized carbons (Fsp3) is 0. The summed E-state index contributed by atoms with van der Waals surface area (Å²) in [5.41, 5.74) is 12.8. The summed E-state index contributed by atoms with van der Waals surface area (Å²) in [6.45, 7) is 0. The molecule has 0 unspecified atom stereocenters. The zero-order chi connectivity index (χ0) is 41.0. The number of hydrogen-bond donors (Lipinski definition) is 0. The molecule has 0 saturated heterocycles. The highest BCUT2D eigenvalue weighted by molar-refractivity contribution is 6.17. The van der Waals surface area contributed by atoms with Gasteiger partial charge in [0, 0.05) is 55.7 Å². The number of fused-ring (bicyclic) bond motifs is 6. The van der Waals surface area contributed by atoms with E-state index in [-0.39, 0.29) is 0 Å². The number of hydrogen-bond acceptors (Lipinski definition) is 6. The van der Waals surface area contributed by atoms with E-state index >= 15 is 0 Å². The van der Waals surface area contributed by atoms with Crippen molar-refractivity contribution in [3.63, 3.8) is 0 Å². The van der Waals surface area contributed by atoms with Gasteiger partial charge in [0.25, 0.3) is 0 Å². The SMILES string of the molecule is c1ccc(-c2nc(-c3ccccc3)nc(-c3cccc(-c4cccc(-c5nc(-c6ccccc6)nc6c5oc5cc7c(cc56)c5ccccc5n7-c5ccccc5)c4)c3)n2)cc1. The van der Waals surface area contributed by atoms with Crippen LogP contribution in [0, 0.1) is 0 Å². The molecule has 0 saturated carbocycles. The van der Waals surface area contributed by atoms with Gasteiger partial charge in [-0.1, -0.05) is 164 Å². The first kappa shape index (κ1) is 35.4. The molecule has 8 aromatic carbocycles. The molecule has 0 fully saturated rings. The number of aromatic nitrogens is 6. The summed E-state index contributed by atoms with van der Waals surface area (Å²) in [7, 11) is 0. The van der Waals surface area contributed by atoms with Gasteiger partial charge in [-0.05, 0) is 47.5 Å². The van der Waals surface area contributed by atoms with Crippen LogP contribution < -0.4 is 0 Å². The first-order valence-electron chi connectivity index (χ1n) is 20.6. The van der Waals surface area contributed by atoms with E-state index in [2.05, 4.69) is 126 Å². The summed E-state index contributed by atoms with van der Waals surface area (Å²) in [4.78, 5) is 25.4. The molecule has 0 amide bonds. The molecule has 4 aromatic heterocycles. The third-order valence-corrected chi connectivity index (χ3v) is 11.4. The maximum atomic E-state index is 6.88. The number of rotatable bonds is 7. The van der Waals surface area contributed by atoms with Crippen molar-refractivity contribution in [3.8, 4) is 73.6 Å². The lowest BCUT2D eigenvalue weighted by Crippen LogP contribution is -2.00. The Morgan fingerprint density at radius 2 is 0.806 bits per heavy atom. The summed E-state index contributed by atoms with van der Waals surface area (Å²) >= 11 is 0. The zero-order valence-corrected chi connectivity index (χ0v) is 33.2. The Hall–Kier alpha value is -8.55. The molecule has 4 heterocycles. The predicted molar refractivity (Wildman–Crippen MR) is 250 cm³/mol. The molecular formula is C55H34N6O. The molecule has 0 aliphatic carbocycles. The maximum absolute atomic E-state index is 6.88. The summed E-state index contributed by atoms with van der Waals surface area (Å²) in [5, 5.41) is 3.24. The molecule has 0 bridgehead atoms. The Morgan fingerprint density at radius 3 is 1.44 bits per heavy atom. The van der Waals surface area contributed by atoms with Gasteiger partial charge in [0.1, 0.15) is 16.8 Å². The van der Waals surface area contributed by atoms with Gasteiger partial charge in [-0.25, -0.2) is 24.9 Å². The van der Waals surface area contributed by atoms with Gasteiger partial charge in [-0.2, -0.15) is 0 Å². The second kappa shape index (κ2) is 14.6. The van der Waals surface area contributed by atoms with Crippen molar-refractivity contribution in [2.24, 2.45) is 0 Å². The first-order chi connectivity index (χ1) is 30.7. The monoisotopic (exact) mass is 794 g/mol. The molecule has 7 nitrogen and oxygen atoms in total. The highest BCUT2D eigenvalue weighted by Crippen LogP contribution is 2.41. The Morgan fingerprint density at radius 1 is 0.323 bits per heavy atom. The number of benzene rings is 8. The van der Waals surface area contributed by atoms with Crippen molar-refractivity contribution in [2.75, 3.05) is 0 Å². The van der Waals surface area contributed by atoms with Crippen LogP contribution in [0.4, 0.5) is 0 Å². The minimum atomic E-state index is 0.600.